The predicted octanol–water partition coefficient (Wildman–Crippen LogP) is 3.34. The zero-order valence-electron chi connectivity index (χ0n) is 11.9. The highest BCUT2D eigenvalue weighted by Gasteiger charge is 2.65. The molecule has 4 fully saturated rings. The third-order valence-electron chi connectivity index (χ3n) is 5.18. The van der Waals surface area contributed by atoms with Gasteiger partial charge >= 0.3 is 7.60 Å². The normalized spacial score (nSPS) is 44.8. The summed E-state index contributed by atoms with van der Waals surface area (Å²) >= 11 is 0. The van der Waals surface area contributed by atoms with Crippen molar-refractivity contribution in [2.24, 2.45) is 11.8 Å². The molecule has 0 aromatic heterocycles. The van der Waals surface area contributed by atoms with E-state index >= 15 is 0 Å². The van der Waals surface area contributed by atoms with Gasteiger partial charge in [0, 0.05) is 0 Å². The fraction of sp³-hybridized carbons (Fsp3) is 1.00. The molecule has 0 unspecified atom stereocenters. The Morgan fingerprint density at radius 1 is 1.11 bits per heavy atom. The van der Waals surface area contributed by atoms with Gasteiger partial charge in [-0.3, -0.25) is 4.57 Å². The van der Waals surface area contributed by atoms with Crippen molar-refractivity contribution in [2.45, 2.75) is 63.1 Å². The topological polar surface area (TPSA) is 55.8 Å². The van der Waals surface area contributed by atoms with E-state index in [0.717, 1.165) is 25.7 Å². The lowest BCUT2D eigenvalue weighted by atomic mass is 9.54. The summed E-state index contributed by atoms with van der Waals surface area (Å²) in [5, 5.41) is 10.3. The van der Waals surface area contributed by atoms with Crippen LogP contribution in [-0.2, 0) is 13.6 Å². The first-order valence-corrected chi connectivity index (χ1v) is 9.10. The molecule has 4 bridgehead atoms. The molecule has 5 heteroatoms. The van der Waals surface area contributed by atoms with Crippen LogP contribution < -0.4 is 0 Å². The summed E-state index contributed by atoms with van der Waals surface area (Å²) < 4.78 is 24.5. The maximum absolute atomic E-state index is 13.3. The smallest absolute Gasteiger partial charge is 0.336 e. The number of hydrogen-bond donors (Lipinski definition) is 1. The molecule has 4 nitrogen and oxygen atoms in total. The van der Waals surface area contributed by atoms with E-state index in [0.29, 0.717) is 31.5 Å². The van der Waals surface area contributed by atoms with Gasteiger partial charge in [-0.2, -0.15) is 0 Å². The molecule has 0 aromatic rings. The van der Waals surface area contributed by atoms with Gasteiger partial charge in [-0.05, 0) is 64.2 Å². The van der Waals surface area contributed by atoms with Crippen LogP contribution in [0.25, 0.3) is 0 Å². The first-order valence-electron chi connectivity index (χ1n) is 7.56. The lowest BCUT2D eigenvalue weighted by molar-refractivity contribution is -0.121. The summed E-state index contributed by atoms with van der Waals surface area (Å²) in [6, 6.07) is 0. The highest BCUT2D eigenvalue weighted by atomic mass is 31.2. The molecular weight excluding hydrogens is 263 g/mol. The van der Waals surface area contributed by atoms with Gasteiger partial charge in [0.05, 0.1) is 24.0 Å². The molecule has 0 radical (unpaired) electrons. The van der Waals surface area contributed by atoms with E-state index in [2.05, 4.69) is 0 Å². The van der Waals surface area contributed by atoms with E-state index in [1.807, 2.05) is 13.8 Å². The Kier molecular flexibility index (Phi) is 3.37. The van der Waals surface area contributed by atoms with Crippen molar-refractivity contribution in [3.8, 4) is 0 Å². The Hall–Kier alpha value is 0.110. The lowest BCUT2D eigenvalue weighted by Gasteiger charge is -2.60. The first kappa shape index (κ1) is 14.1. The van der Waals surface area contributed by atoms with Crippen LogP contribution in [0.5, 0.6) is 0 Å². The highest BCUT2D eigenvalue weighted by molar-refractivity contribution is 7.55. The molecule has 1 N–H and O–H groups in total. The van der Waals surface area contributed by atoms with Gasteiger partial charge in [0.2, 0.25) is 0 Å². The molecule has 0 spiro atoms. The van der Waals surface area contributed by atoms with Crippen molar-refractivity contribution < 1.29 is 18.7 Å². The summed E-state index contributed by atoms with van der Waals surface area (Å²) in [5.74, 6) is 1.00. The van der Waals surface area contributed by atoms with E-state index < -0.39 is 18.4 Å². The monoisotopic (exact) mass is 288 g/mol. The molecule has 4 saturated carbocycles. The van der Waals surface area contributed by atoms with Crippen LogP contribution in [0.15, 0.2) is 0 Å². The number of rotatable bonds is 5. The average molecular weight is 288 g/mol. The Morgan fingerprint density at radius 3 is 2.05 bits per heavy atom. The molecule has 19 heavy (non-hydrogen) atoms. The minimum Gasteiger partial charge on any atom is -0.390 e. The fourth-order valence-electron chi connectivity index (χ4n) is 5.14. The minimum absolute atomic E-state index is 0.410. The van der Waals surface area contributed by atoms with Crippen LogP contribution in [-0.4, -0.2) is 29.1 Å². The molecule has 2 atom stereocenters. The van der Waals surface area contributed by atoms with Crippen LogP contribution in [0, 0.1) is 11.8 Å². The van der Waals surface area contributed by atoms with Crippen LogP contribution in [0.1, 0.15) is 52.4 Å². The summed E-state index contributed by atoms with van der Waals surface area (Å²) in [4.78, 5) is 0. The Labute approximate surface area is 115 Å². The summed E-state index contributed by atoms with van der Waals surface area (Å²) in [6.45, 7) is 4.54. The second-order valence-corrected chi connectivity index (χ2v) is 9.20. The van der Waals surface area contributed by atoms with Gasteiger partial charge in [0.25, 0.3) is 0 Å². The third-order valence-corrected chi connectivity index (χ3v) is 8.06. The number of hydrogen-bond acceptors (Lipinski definition) is 4. The Balaban J connectivity index is 1.95. The molecule has 0 heterocycles. The van der Waals surface area contributed by atoms with E-state index in [-0.39, 0.29) is 0 Å². The summed E-state index contributed by atoms with van der Waals surface area (Å²) in [6.07, 6.45) is 5.35. The van der Waals surface area contributed by atoms with Crippen LogP contribution in [0.3, 0.4) is 0 Å². The second-order valence-electron chi connectivity index (χ2n) is 6.74. The predicted molar refractivity (Wildman–Crippen MR) is 73.2 cm³/mol. The van der Waals surface area contributed by atoms with Gasteiger partial charge in [-0.25, -0.2) is 0 Å². The Bertz CT molecular complexity index is 384. The fourth-order valence-corrected chi connectivity index (χ4v) is 7.89. The van der Waals surface area contributed by atoms with Crippen LogP contribution in [0.2, 0.25) is 0 Å². The van der Waals surface area contributed by atoms with E-state index in [4.69, 9.17) is 9.05 Å². The van der Waals surface area contributed by atoms with Crippen LogP contribution in [0.4, 0.5) is 0 Å². The molecule has 0 saturated heterocycles. The highest BCUT2D eigenvalue weighted by Crippen LogP contribution is 2.74. The van der Waals surface area contributed by atoms with Gasteiger partial charge in [-0.15, -0.1) is 0 Å². The minimum atomic E-state index is -3.12. The van der Waals surface area contributed by atoms with Crippen molar-refractivity contribution >= 4 is 7.60 Å². The summed E-state index contributed by atoms with van der Waals surface area (Å²) in [7, 11) is -3.12. The lowest BCUT2D eigenvalue weighted by Crippen LogP contribution is -2.59. The quantitative estimate of drug-likeness (QED) is 0.788. The van der Waals surface area contributed by atoms with Gasteiger partial charge in [0.15, 0.2) is 0 Å². The second kappa shape index (κ2) is 4.56. The van der Waals surface area contributed by atoms with Gasteiger partial charge in [-0.1, -0.05) is 0 Å². The van der Waals surface area contributed by atoms with E-state index in [9.17, 15) is 9.67 Å². The van der Waals surface area contributed by atoms with E-state index in [1.54, 1.807) is 0 Å². The van der Waals surface area contributed by atoms with Crippen molar-refractivity contribution in [3.63, 3.8) is 0 Å². The molecule has 4 rings (SSSR count). The summed E-state index contributed by atoms with van der Waals surface area (Å²) in [5.41, 5.74) is -0.617. The van der Waals surface area contributed by atoms with Crippen molar-refractivity contribution in [2.75, 3.05) is 13.2 Å². The Morgan fingerprint density at radius 2 is 1.63 bits per heavy atom. The zero-order chi connectivity index (χ0) is 13.7. The molecule has 4 aliphatic rings. The van der Waals surface area contributed by atoms with Crippen molar-refractivity contribution in [1.29, 1.82) is 0 Å². The third kappa shape index (κ3) is 2.12. The maximum atomic E-state index is 13.3. The molecule has 0 aromatic carbocycles. The maximum Gasteiger partial charge on any atom is 0.336 e. The van der Waals surface area contributed by atoms with Crippen molar-refractivity contribution in [3.05, 3.63) is 0 Å². The van der Waals surface area contributed by atoms with E-state index in [1.165, 1.54) is 6.42 Å². The van der Waals surface area contributed by atoms with Crippen molar-refractivity contribution in [1.82, 2.24) is 0 Å². The SMILES string of the molecule is CCOP(=O)(OCC)C12C[C@H]3C[C@@H](CC(O)(C3)C1)C2. The molecular formula is C14H25O4P. The molecule has 0 amide bonds. The zero-order valence-corrected chi connectivity index (χ0v) is 12.8. The van der Waals surface area contributed by atoms with Gasteiger partial charge < -0.3 is 14.2 Å². The largest absolute Gasteiger partial charge is 0.390 e. The number of aliphatic hydroxyl groups is 1. The molecule has 4 aliphatic carbocycles. The first-order chi connectivity index (χ1) is 8.94. The standard InChI is InChI=1S/C14H25O4P/c1-3-17-19(16,18-4-2)14-8-11-5-12(9-14)7-13(15,6-11)10-14/h11-12,15H,3-10H2,1-2H3/t11-,12-,13?,14?/m0/s1. The van der Waals surface area contributed by atoms with Crippen LogP contribution >= 0.6 is 7.60 Å². The average Bonchev–Trinajstić information content (AvgIpc) is 2.25. The molecule has 0 aliphatic heterocycles. The molecule has 110 valence electrons. The van der Waals surface area contributed by atoms with Gasteiger partial charge in [0.1, 0.15) is 0 Å².